The van der Waals surface area contributed by atoms with E-state index in [2.05, 4.69) is 6.07 Å². The summed E-state index contributed by atoms with van der Waals surface area (Å²) < 4.78 is 0. The Morgan fingerprint density at radius 2 is 2.04 bits per heavy atom. The Hall–Kier alpha value is -1.59. The van der Waals surface area contributed by atoms with Gasteiger partial charge >= 0.3 is 0 Å². The van der Waals surface area contributed by atoms with Crippen molar-refractivity contribution in [1.29, 1.82) is 0 Å². The average Bonchev–Trinajstić information content (AvgIpc) is 3.02. The third-order valence-corrected chi connectivity index (χ3v) is 4.71. The summed E-state index contributed by atoms with van der Waals surface area (Å²) in [4.78, 5) is 28.3. The Kier molecular flexibility index (Phi) is 6.02. The number of fused-ring (bicyclic) bond motifs is 1. The van der Waals surface area contributed by atoms with E-state index >= 15 is 0 Å². The zero-order valence-corrected chi connectivity index (χ0v) is 14.1. The lowest BCUT2D eigenvalue weighted by Gasteiger charge is -2.30. The molecule has 2 aliphatic rings. The van der Waals surface area contributed by atoms with E-state index in [0.717, 1.165) is 31.5 Å². The Morgan fingerprint density at radius 1 is 1.26 bits per heavy atom. The van der Waals surface area contributed by atoms with Gasteiger partial charge in [-0.3, -0.25) is 9.59 Å². The van der Waals surface area contributed by atoms with Crippen LogP contribution in [0.4, 0.5) is 5.69 Å². The lowest BCUT2D eigenvalue weighted by molar-refractivity contribution is -0.131. The van der Waals surface area contributed by atoms with E-state index in [0.29, 0.717) is 25.9 Å². The summed E-state index contributed by atoms with van der Waals surface area (Å²) in [5.74, 6) is 0.229. The highest BCUT2D eigenvalue weighted by molar-refractivity contribution is 5.97. The van der Waals surface area contributed by atoms with E-state index in [1.807, 2.05) is 23.1 Å². The molecular weight excluding hydrogens is 314 g/mol. The highest BCUT2D eigenvalue weighted by atomic mass is 35.5. The molecule has 1 aromatic carbocycles. The minimum atomic E-state index is 0. The molecule has 2 amide bonds. The monoisotopic (exact) mass is 337 g/mol. The maximum absolute atomic E-state index is 12.4. The minimum Gasteiger partial charge on any atom is -0.338 e. The van der Waals surface area contributed by atoms with Crippen LogP contribution < -0.4 is 10.6 Å². The van der Waals surface area contributed by atoms with Crippen LogP contribution in [-0.4, -0.2) is 42.4 Å². The van der Waals surface area contributed by atoms with E-state index in [9.17, 15) is 9.59 Å². The van der Waals surface area contributed by atoms with E-state index in [1.54, 1.807) is 4.90 Å². The molecule has 0 aromatic heterocycles. The van der Waals surface area contributed by atoms with Crippen molar-refractivity contribution in [3.8, 4) is 0 Å². The number of likely N-dealkylation sites (tertiary alicyclic amines) is 1. The number of anilines is 1. The number of hydrogen-bond acceptors (Lipinski definition) is 3. The molecule has 5 nitrogen and oxygen atoms in total. The smallest absolute Gasteiger partial charge is 0.227 e. The van der Waals surface area contributed by atoms with Crippen LogP contribution in [-0.2, 0) is 16.0 Å². The zero-order chi connectivity index (χ0) is 15.5. The topological polar surface area (TPSA) is 66.6 Å². The molecule has 1 unspecified atom stereocenters. The molecule has 2 N–H and O–H groups in total. The van der Waals surface area contributed by atoms with E-state index in [1.165, 1.54) is 5.56 Å². The van der Waals surface area contributed by atoms with Gasteiger partial charge in [-0.25, -0.2) is 0 Å². The second-order valence-corrected chi connectivity index (χ2v) is 6.04. The normalized spacial score (nSPS) is 20.2. The molecule has 2 heterocycles. The summed E-state index contributed by atoms with van der Waals surface area (Å²) in [6.07, 6.45) is 3.71. The largest absolute Gasteiger partial charge is 0.338 e. The van der Waals surface area contributed by atoms with Gasteiger partial charge in [0, 0.05) is 44.2 Å². The number of para-hydroxylation sites is 1. The summed E-state index contributed by atoms with van der Waals surface area (Å²) in [5.41, 5.74) is 7.88. The molecule has 0 radical (unpaired) electrons. The van der Waals surface area contributed by atoms with Crippen molar-refractivity contribution in [3.05, 3.63) is 29.8 Å². The number of nitrogens with two attached hydrogens (primary N) is 1. The van der Waals surface area contributed by atoms with E-state index in [4.69, 9.17) is 5.73 Å². The predicted molar refractivity (Wildman–Crippen MR) is 92.8 cm³/mol. The van der Waals surface area contributed by atoms with Crippen LogP contribution in [0.1, 0.15) is 31.2 Å². The van der Waals surface area contributed by atoms with Crippen molar-refractivity contribution < 1.29 is 9.59 Å². The first-order valence-electron chi connectivity index (χ1n) is 8.08. The van der Waals surface area contributed by atoms with Gasteiger partial charge in [0.1, 0.15) is 0 Å². The SMILES string of the molecule is Cl.NCC1CCCN1C(=O)CCN1C(=O)CCc2ccccc21. The van der Waals surface area contributed by atoms with Crippen LogP contribution in [0.25, 0.3) is 0 Å². The molecule has 126 valence electrons. The van der Waals surface area contributed by atoms with Gasteiger partial charge in [-0.15, -0.1) is 12.4 Å². The van der Waals surface area contributed by atoms with Crippen LogP contribution >= 0.6 is 12.4 Å². The number of rotatable bonds is 4. The fourth-order valence-electron chi connectivity index (χ4n) is 3.50. The van der Waals surface area contributed by atoms with Crippen molar-refractivity contribution >= 4 is 29.9 Å². The van der Waals surface area contributed by atoms with Gasteiger partial charge in [-0.2, -0.15) is 0 Å². The van der Waals surface area contributed by atoms with Crippen LogP contribution in [0.15, 0.2) is 24.3 Å². The van der Waals surface area contributed by atoms with Gasteiger partial charge in [0.25, 0.3) is 0 Å². The minimum absolute atomic E-state index is 0. The highest BCUT2D eigenvalue weighted by Crippen LogP contribution is 2.27. The molecule has 6 heteroatoms. The van der Waals surface area contributed by atoms with E-state index in [-0.39, 0.29) is 30.3 Å². The maximum Gasteiger partial charge on any atom is 0.227 e. The molecular formula is C17H24ClN3O2. The van der Waals surface area contributed by atoms with Crippen LogP contribution in [0.2, 0.25) is 0 Å². The number of amides is 2. The molecule has 1 saturated heterocycles. The van der Waals surface area contributed by atoms with Crippen molar-refractivity contribution in [2.75, 3.05) is 24.5 Å². The predicted octanol–water partition coefficient (Wildman–Crippen LogP) is 1.73. The standard InChI is InChI=1S/C17H23N3O2.ClH/c18-12-14-5-3-10-19(14)17(22)9-11-20-15-6-2-1-4-13(15)7-8-16(20)21;/h1-2,4,6,14H,3,5,7-12,18H2;1H. The number of nitrogens with zero attached hydrogens (tertiary/aromatic N) is 2. The van der Waals surface area contributed by atoms with E-state index < -0.39 is 0 Å². The third-order valence-electron chi connectivity index (χ3n) is 4.71. The lowest BCUT2D eigenvalue weighted by atomic mass is 10.0. The molecule has 0 bridgehead atoms. The summed E-state index contributed by atoms with van der Waals surface area (Å²) in [6.45, 7) is 1.78. The van der Waals surface area contributed by atoms with Crippen molar-refractivity contribution in [1.82, 2.24) is 4.90 Å². The highest BCUT2D eigenvalue weighted by Gasteiger charge is 2.29. The van der Waals surface area contributed by atoms with Crippen molar-refractivity contribution in [2.24, 2.45) is 5.73 Å². The Balaban J connectivity index is 0.00000192. The number of carbonyl (C=O) groups is 2. The number of hydrogen-bond donors (Lipinski definition) is 1. The fraction of sp³-hybridized carbons (Fsp3) is 0.529. The molecule has 1 atom stereocenters. The number of halogens is 1. The lowest BCUT2D eigenvalue weighted by Crippen LogP contribution is -2.42. The quantitative estimate of drug-likeness (QED) is 0.909. The second kappa shape index (κ2) is 7.79. The molecule has 0 spiro atoms. The first-order chi connectivity index (χ1) is 10.7. The van der Waals surface area contributed by atoms with Gasteiger partial charge in [0.2, 0.25) is 11.8 Å². The Labute approximate surface area is 143 Å². The maximum atomic E-state index is 12.4. The van der Waals surface area contributed by atoms with Crippen LogP contribution in [0, 0.1) is 0 Å². The van der Waals surface area contributed by atoms with Crippen LogP contribution in [0.3, 0.4) is 0 Å². The summed E-state index contributed by atoms with van der Waals surface area (Å²) >= 11 is 0. The van der Waals surface area contributed by atoms with Gasteiger partial charge in [0.05, 0.1) is 0 Å². The number of benzene rings is 1. The number of carbonyl (C=O) groups excluding carboxylic acids is 2. The van der Waals surface area contributed by atoms with Gasteiger partial charge in [0.15, 0.2) is 0 Å². The van der Waals surface area contributed by atoms with Gasteiger partial charge < -0.3 is 15.5 Å². The van der Waals surface area contributed by atoms with Gasteiger partial charge in [-0.05, 0) is 30.9 Å². The van der Waals surface area contributed by atoms with Crippen molar-refractivity contribution in [2.45, 2.75) is 38.1 Å². The summed E-state index contributed by atoms with van der Waals surface area (Å²) in [7, 11) is 0. The third kappa shape index (κ3) is 3.67. The zero-order valence-electron chi connectivity index (χ0n) is 13.2. The average molecular weight is 338 g/mol. The molecule has 1 aromatic rings. The van der Waals surface area contributed by atoms with Gasteiger partial charge in [-0.1, -0.05) is 18.2 Å². The molecule has 23 heavy (non-hydrogen) atoms. The Bertz CT molecular complexity index is 579. The second-order valence-electron chi connectivity index (χ2n) is 6.04. The molecule has 2 aliphatic heterocycles. The first kappa shape index (κ1) is 17.8. The van der Waals surface area contributed by atoms with Crippen LogP contribution in [0.5, 0.6) is 0 Å². The summed E-state index contributed by atoms with van der Waals surface area (Å²) in [5, 5.41) is 0. The summed E-state index contributed by atoms with van der Waals surface area (Å²) in [6, 6.07) is 8.14. The Morgan fingerprint density at radius 3 is 2.83 bits per heavy atom. The first-order valence-corrected chi connectivity index (χ1v) is 8.08. The molecule has 1 fully saturated rings. The molecule has 0 saturated carbocycles. The number of aryl methyl sites for hydroxylation is 1. The van der Waals surface area contributed by atoms with Crippen molar-refractivity contribution in [3.63, 3.8) is 0 Å². The molecule has 3 rings (SSSR count). The fourth-order valence-corrected chi connectivity index (χ4v) is 3.50. The molecule has 0 aliphatic carbocycles.